The van der Waals surface area contributed by atoms with Crippen LogP contribution >= 0.6 is 0 Å². The number of aliphatic hydroxyl groups excluding tert-OH is 1. The quantitative estimate of drug-likeness (QED) is 0.576. The molecule has 0 bridgehead atoms. The second-order valence-electron chi connectivity index (χ2n) is 1.93. The summed E-state index contributed by atoms with van der Waals surface area (Å²) in [6, 6.07) is -0.0669. The minimum absolute atomic E-state index is 0.0669. The van der Waals surface area contributed by atoms with E-state index in [9.17, 15) is 4.79 Å². The average Bonchev–Trinajstić information content (AvgIpc) is 2.02. The van der Waals surface area contributed by atoms with Crippen molar-refractivity contribution < 1.29 is 9.90 Å². The number of hydrogen-bond donors (Lipinski definition) is 1. The van der Waals surface area contributed by atoms with Crippen LogP contribution in [0.5, 0.6) is 0 Å². The molecule has 0 aromatic heterocycles. The minimum Gasteiger partial charge on any atom is -0.504 e. The van der Waals surface area contributed by atoms with Crippen LogP contribution in [0.1, 0.15) is 20.8 Å². The lowest BCUT2D eigenvalue weighted by molar-refractivity contribution is -0.111. The Balaban J connectivity index is 0.000000461. The number of nitrogens with zero attached hydrogens (tertiary/aromatic N) is 1. The van der Waals surface area contributed by atoms with Gasteiger partial charge in [0.1, 0.15) is 0 Å². The zero-order valence-electron chi connectivity index (χ0n) is 7.03. The normalized spacial score (nSPS) is 21.9. The standard InChI is InChI=1S/C6H7NO2.C2H6/c1-4-2-5(8)6(9)3-7-4;1-2/h2-4,8H,1H3;1-2H3. The molecule has 0 radical (unpaired) electrons. The van der Waals surface area contributed by atoms with Crippen molar-refractivity contribution in [3.8, 4) is 0 Å². The van der Waals surface area contributed by atoms with Crippen molar-refractivity contribution >= 4 is 12.0 Å². The first-order valence-corrected chi connectivity index (χ1v) is 3.68. The number of rotatable bonds is 0. The molecule has 1 aliphatic rings. The lowest BCUT2D eigenvalue weighted by Crippen LogP contribution is -2.12. The highest BCUT2D eigenvalue weighted by Gasteiger charge is 2.10. The third kappa shape index (κ3) is 2.98. The van der Waals surface area contributed by atoms with Gasteiger partial charge in [-0.1, -0.05) is 13.8 Å². The van der Waals surface area contributed by atoms with Crippen LogP contribution in [0.25, 0.3) is 0 Å². The second kappa shape index (κ2) is 4.66. The van der Waals surface area contributed by atoms with Gasteiger partial charge in [0, 0.05) is 0 Å². The van der Waals surface area contributed by atoms with Crippen LogP contribution in [0.3, 0.4) is 0 Å². The zero-order chi connectivity index (χ0) is 8.85. The lowest BCUT2D eigenvalue weighted by atomic mass is 10.2. The Labute approximate surface area is 66.5 Å². The summed E-state index contributed by atoms with van der Waals surface area (Å²) in [4.78, 5) is 14.2. The molecule has 1 atom stereocenters. The Morgan fingerprint density at radius 2 is 2.09 bits per heavy atom. The van der Waals surface area contributed by atoms with Gasteiger partial charge in [0.15, 0.2) is 5.76 Å². The molecule has 1 heterocycles. The van der Waals surface area contributed by atoms with E-state index in [1.165, 1.54) is 6.08 Å². The van der Waals surface area contributed by atoms with Crippen molar-refractivity contribution in [2.75, 3.05) is 0 Å². The Bertz CT molecular complexity index is 194. The van der Waals surface area contributed by atoms with E-state index in [0.29, 0.717) is 0 Å². The summed E-state index contributed by atoms with van der Waals surface area (Å²) >= 11 is 0. The predicted octanol–water partition coefficient (Wildman–Crippen LogP) is 1.50. The van der Waals surface area contributed by atoms with Gasteiger partial charge in [-0.15, -0.1) is 0 Å². The molecule has 0 saturated heterocycles. The molecule has 0 aromatic rings. The molecular formula is C8H13NO2. The van der Waals surface area contributed by atoms with E-state index < -0.39 is 5.78 Å². The summed E-state index contributed by atoms with van der Waals surface area (Å²) in [6.45, 7) is 5.79. The number of ketones is 1. The largest absolute Gasteiger partial charge is 0.504 e. The Kier molecular flexibility index (Phi) is 4.18. The molecule has 0 aromatic carbocycles. The first-order valence-electron chi connectivity index (χ1n) is 3.68. The molecule has 0 saturated carbocycles. The number of aliphatic imine (C=N–C) groups is 1. The van der Waals surface area contributed by atoms with E-state index in [1.54, 1.807) is 6.92 Å². The first kappa shape index (κ1) is 9.88. The summed E-state index contributed by atoms with van der Waals surface area (Å²) < 4.78 is 0. The third-order valence-corrected chi connectivity index (χ3v) is 1.08. The topological polar surface area (TPSA) is 49.7 Å². The van der Waals surface area contributed by atoms with Gasteiger partial charge < -0.3 is 5.11 Å². The van der Waals surface area contributed by atoms with E-state index in [4.69, 9.17) is 5.11 Å². The number of carbonyl (C=O) groups excluding carboxylic acids is 1. The maximum absolute atomic E-state index is 10.5. The average molecular weight is 155 g/mol. The molecule has 3 heteroatoms. The van der Waals surface area contributed by atoms with Gasteiger partial charge in [-0.3, -0.25) is 9.79 Å². The number of aliphatic hydroxyl groups is 1. The number of dihydropyridines is 1. The van der Waals surface area contributed by atoms with Crippen molar-refractivity contribution in [2.45, 2.75) is 26.8 Å². The summed E-state index contributed by atoms with van der Waals surface area (Å²) in [6.07, 6.45) is 2.56. The molecule has 3 nitrogen and oxygen atoms in total. The van der Waals surface area contributed by atoms with Crippen LogP contribution in [-0.2, 0) is 4.79 Å². The SMILES string of the molecule is CC.CC1C=C(O)C(=O)C=N1. The van der Waals surface area contributed by atoms with Crippen molar-refractivity contribution in [1.82, 2.24) is 0 Å². The Morgan fingerprint density at radius 1 is 1.55 bits per heavy atom. The summed E-state index contributed by atoms with van der Waals surface area (Å²) in [5.41, 5.74) is 0. The van der Waals surface area contributed by atoms with Gasteiger partial charge in [0.25, 0.3) is 0 Å². The van der Waals surface area contributed by atoms with Crippen LogP contribution in [-0.4, -0.2) is 23.1 Å². The highest BCUT2D eigenvalue weighted by Crippen LogP contribution is 2.02. The summed E-state index contributed by atoms with van der Waals surface area (Å²) in [5, 5.41) is 8.77. The Hall–Kier alpha value is -1.12. The molecule has 1 unspecified atom stereocenters. The van der Waals surface area contributed by atoms with Crippen LogP contribution < -0.4 is 0 Å². The van der Waals surface area contributed by atoms with Crippen LogP contribution in [0, 0.1) is 0 Å². The van der Waals surface area contributed by atoms with Crippen molar-refractivity contribution in [2.24, 2.45) is 4.99 Å². The monoisotopic (exact) mass is 155 g/mol. The third-order valence-electron chi connectivity index (χ3n) is 1.08. The van der Waals surface area contributed by atoms with Gasteiger partial charge in [-0.2, -0.15) is 0 Å². The minimum atomic E-state index is -0.409. The molecule has 0 aliphatic carbocycles. The van der Waals surface area contributed by atoms with E-state index in [-0.39, 0.29) is 11.8 Å². The van der Waals surface area contributed by atoms with Gasteiger partial charge in [-0.05, 0) is 13.0 Å². The molecule has 1 rings (SSSR count). The molecule has 1 N–H and O–H groups in total. The maximum Gasteiger partial charge on any atom is 0.237 e. The smallest absolute Gasteiger partial charge is 0.237 e. The van der Waals surface area contributed by atoms with E-state index in [1.807, 2.05) is 13.8 Å². The molecular weight excluding hydrogens is 142 g/mol. The first-order chi connectivity index (χ1) is 5.20. The second-order valence-corrected chi connectivity index (χ2v) is 1.93. The fourth-order valence-electron chi connectivity index (χ4n) is 0.605. The molecule has 0 spiro atoms. The highest BCUT2D eigenvalue weighted by atomic mass is 16.3. The number of Topliss-reactive ketones (excluding diaryl/α,β-unsaturated/α-hetero) is 1. The summed E-state index contributed by atoms with van der Waals surface area (Å²) in [5.74, 6) is -0.606. The molecule has 62 valence electrons. The van der Waals surface area contributed by atoms with Crippen LogP contribution in [0.4, 0.5) is 0 Å². The molecule has 0 amide bonds. The lowest BCUT2D eigenvalue weighted by Gasteiger charge is -2.04. The number of carbonyl (C=O) groups is 1. The van der Waals surface area contributed by atoms with E-state index in [0.717, 1.165) is 6.21 Å². The van der Waals surface area contributed by atoms with Gasteiger partial charge in [0.2, 0.25) is 5.78 Å². The van der Waals surface area contributed by atoms with E-state index in [2.05, 4.69) is 4.99 Å². The molecule has 1 aliphatic heterocycles. The van der Waals surface area contributed by atoms with Crippen LogP contribution in [0.2, 0.25) is 0 Å². The fourth-order valence-corrected chi connectivity index (χ4v) is 0.605. The van der Waals surface area contributed by atoms with Gasteiger partial charge in [-0.25, -0.2) is 0 Å². The van der Waals surface area contributed by atoms with Gasteiger partial charge in [0.05, 0.1) is 12.3 Å². The predicted molar refractivity (Wildman–Crippen MR) is 45.0 cm³/mol. The fraction of sp³-hybridized carbons (Fsp3) is 0.500. The zero-order valence-corrected chi connectivity index (χ0v) is 7.03. The maximum atomic E-state index is 10.5. The molecule has 11 heavy (non-hydrogen) atoms. The number of hydrogen-bond acceptors (Lipinski definition) is 3. The van der Waals surface area contributed by atoms with Crippen molar-refractivity contribution in [3.63, 3.8) is 0 Å². The van der Waals surface area contributed by atoms with Gasteiger partial charge >= 0.3 is 0 Å². The highest BCUT2D eigenvalue weighted by molar-refractivity contribution is 6.34. The molecule has 0 fully saturated rings. The van der Waals surface area contributed by atoms with Crippen LogP contribution in [0.15, 0.2) is 16.8 Å². The summed E-state index contributed by atoms with van der Waals surface area (Å²) in [7, 11) is 0. The van der Waals surface area contributed by atoms with Crippen molar-refractivity contribution in [3.05, 3.63) is 11.8 Å². The Morgan fingerprint density at radius 3 is 2.45 bits per heavy atom. The van der Waals surface area contributed by atoms with E-state index >= 15 is 0 Å². The van der Waals surface area contributed by atoms with Crippen molar-refractivity contribution in [1.29, 1.82) is 0 Å². The number of allylic oxidation sites excluding steroid dienone is 1.